The average Bonchev–Trinajstić information content (AvgIpc) is 2.77. The van der Waals surface area contributed by atoms with Crippen LogP contribution in [0.3, 0.4) is 0 Å². The van der Waals surface area contributed by atoms with E-state index in [2.05, 4.69) is 11.9 Å². The van der Waals surface area contributed by atoms with Gasteiger partial charge >= 0.3 is 0 Å². The monoisotopic (exact) mass is 261 g/mol. The second-order valence-corrected chi connectivity index (χ2v) is 5.54. The number of benzene rings is 1. The normalized spacial score (nSPS) is 23.9. The topological polar surface area (TPSA) is 43.8 Å². The third-order valence-corrected chi connectivity index (χ3v) is 4.40. The minimum atomic E-state index is -0.286. The summed E-state index contributed by atoms with van der Waals surface area (Å²) in [5.41, 5.74) is 7.26. The highest BCUT2D eigenvalue weighted by Gasteiger charge is 2.25. The molecule has 0 radical (unpaired) electrons. The second kappa shape index (κ2) is 4.83. The summed E-state index contributed by atoms with van der Waals surface area (Å²) in [5.74, 6) is 0.914. The Morgan fingerprint density at radius 2 is 2.26 bits per heavy atom. The van der Waals surface area contributed by atoms with E-state index in [1.807, 2.05) is 10.6 Å². The lowest BCUT2D eigenvalue weighted by Crippen LogP contribution is -2.20. The van der Waals surface area contributed by atoms with Gasteiger partial charge in [0.05, 0.1) is 5.52 Å². The smallest absolute Gasteiger partial charge is 0.201 e. The molecule has 102 valence electrons. The van der Waals surface area contributed by atoms with Gasteiger partial charge in [-0.3, -0.25) is 0 Å². The van der Waals surface area contributed by atoms with Crippen molar-refractivity contribution in [1.82, 2.24) is 9.55 Å². The standard InChI is InChI=1S/C15H20FN3/c1-2-10-5-3-6-11(9-10)19-13-8-4-7-12(16)14(13)18-15(19)17/h4,7-8,10-11H,2-3,5-6,9H2,1H3,(H2,17,18). The van der Waals surface area contributed by atoms with Crippen molar-refractivity contribution in [1.29, 1.82) is 0 Å². The predicted molar refractivity (Wildman–Crippen MR) is 75.4 cm³/mol. The highest BCUT2D eigenvalue weighted by atomic mass is 19.1. The maximum absolute atomic E-state index is 13.8. The molecule has 1 aliphatic carbocycles. The molecule has 2 unspecified atom stereocenters. The number of nitrogens with two attached hydrogens (primary N) is 1. The molecule has 0 amide bonds. The minimum Gasteiger partial charge on any atom is -0.369 e. The SMILES string of the molecule is CCC1CCCC(n2c(N)nc3c(F)cccc32)C1. The number of hydrogen-bond acceptors (Lipinski definition) is 2. The molecular formula is C15H20FN3. The third-order valence-electron chi connectivity index (χ3n) is 4.40. The number of fused-ring (bicyclic) bond motifs is 1. The average molecular weight is 261 g/mol. The van der Waals surface area contributed by atoms with Gasteiger partial charge < -0.3 is 10.3 Å². The molecule has 4 heteroatoms. The van der Waals surface area contributed by atoms with Crippen molar-refractivity contribution >= 4 is 17.0 Å². The van der Waals surface area contributed by atoms with Crippen LogP contribution in [0.2, 0.25) is 0 Å². The Hall–Kier alpha value is -1.58. The van der Waals surface area contributed by atoms with Crippen molar-refractivity contribution in [3.05, 3.63) is 24.0 Å². The molecule has 1 aliphatic rings. The summed E-state index contributed by atoms with van der Waals surface area (Å²) in [6.07, 6.45) is 5.97. The van der Waals surface area contributed by atoms with Crippen molar-refractivity contribution in [2.24, 2.45) is 5.92 Å². The van der Waals surface area contributed by atoms with Crippen LogP contribution < -0.4 is 5.73 Å². The van der Waals surface area contributed by atoms with Crippen molar-refractivity contribution in [2.45, 2.75) is 45.1 Å². The van der Waals surface area contributed by atoms with Gasteiger partial charge in [0.25, 0.3) is 0 Å². The van der Waals surface area contributed by atoms with E-state index in [9.17, 15) is 4.39 Å². The third kappa shape index (κ3) is 2.09. The molecule has 2 aromatic rings. The van der Waals surface area contributed by atoms with Gasteiger partial charge in [-0.05, 0) is 30.9 Å². The van der Waals surface area contributed by atoms with Crippen molar-refractivity contribution in [2.75, 3.05) is 5.73 Å². The van der Waals surface area contributed by atoms with Crippen LogP contribution in [0.25, 0.3) is 11.0 Å². The fourth-order valence-electron chi connectivity index (χ4n) is 3.35. The molecule has 0 saturated heterocycles. The molecule has 1 aromatic heterocycles. The molecule has 2 atom stereocenters. The minimum absolute atomic E-state index is 0.286. The van der Waals surface area contributed by atoms with E-state index in [0.29, 0.717) is 17.5 Å². The molecule has 0 spiro atoms. The number of nitrogen functional groups attached to an aromatic ring is 1. The molecule has 3 rings (SSSR count). The van der Waals surface area contributed by atoms with Gasteiger partial charge in [0.15, 0.2) is 5.82 Å². The Labute approximate surface area is 112 Å². The largest absolute Gasteiger partial charge is 0.369 e. The van der Waals surface area contributed by atoms with Crippen molar-refractivity contribution in [3.63, 3.8) is 0 Å². The first-order valence-corrected chi connectivity index (χ1v) is 7.12. The van der Waals surface area contributed by atoms with Gasteiger partial charge in [0.1, 0.15) is 5.52 Å². The van der Waals surface area contributed by atoms with Crippen LogP contribution >= 0.6 is 0 Å². The Kier molecular flexibility index (Phi) is 3.17. The first kappa shape index (κ1) is 12.5. The Morgan fingerprint density at radius 3 is 3.05 bits per heavy atom. The first-order valence-electron chi connectivity index (χ1n) is 7.12. The van der Waals surface area contributed by atoms with Gasteiger partial charge in [0, 0.05) is 6.04 Å². The summed E-state index contributed by atoms with van der Waals surface area (Å²) < 4.78 is 15.8. The lowest BCUT2D eigenvalue weighted by Gasteiger charge is -2.30. The zero-order valence-electron chi connectivity index (χ0n) is 11.3. The predicted octanol–water partition coefficient (Wildman–Crippen LogP) is 3.90. The van der Waals surface area contributed by atoms with Gasteiger partial charge in [-0.2, -0.15) is 0 Å². The van der Waals surface area contributed by atoms with E-state index < -0.39 is 0 Å². The quantitative estimate of drug-likeness (QED) is 0.891. The Bertz CT molecular complexity index is 590. The highest BCUT2D eigenvalue weighted by Crippen LogP contribution is 2.37. The van der Waals surface area contributed by atoms with Crippen LogP contribution in [0.15, 0.2) is 18.2 Å². The Morgan fingerprint density at radius 1 is 1.42 bits per heavy atom. The number of aromatic nitrogens is 2. The van der Waals surface area contributed by atoms with E-state index >= 15 is 0 Å². The van der Waals surface area contributed by atoms with Gasteiger partial charge in [0.2, 0.25) is 5.95 Å². The molecule has 0 aliphatic heterocycles. The fourth-order valence-corrected chi connectivity index (χ4v) is 3.35. The molecule has 0 bridgehead atoms. The summed E-state index contributed by atoms with van der Waals surface area (Å²) in [4.78, 5) is 4.20. The van der Waals surface area contributed by atoms with Crippen LogP contribution in [0.4, 0.5) is 10.3 Å². The highest BCUT2D eigenvalue weighted by molar-refractivity contribution is 5.79. The van der Waals surface area contributed by atoms with Gasteiger partial charge in [-0.25, -0.2) is 9.37 Å². The summed E-state index contributed by atoms with van der Waals surface area (Å²) in [7, 11) is 0. The summed E-state index contributed by atoms with van der Waals surface area (Å²) in [6, 6.07) is 5.45. The number of halogens is 1. The van der Waals surface area contributed by atoms with Crippen LogP contribution in [-0.4, -0.2) is 9.55 Å². The van der Waals surface area contributed by atoms with Crippen LogP contribution in [0.5, 0.6) is 0 Å². The number of para-hydroxylation sites is 1. The van der Waals surface area contributed by atoms with E-state index in [1.54, 1.807) is 6.07 Å². The molecular weight excluding hydrogens is 241 g/mol. The van der Waals surface area contributed by atoms with Crippen LogP contribution in [0.1, 0.15) is 45.1 Å². The maximum Gasteiger partial charge on any atom is 0.201 e. The van der Waals surface area contributed by atoms with E-state index in [4.69, 9.17) is 5.73 Å². The number of hydrogen-bond donors (Lipinski definition) is 1. The summed E-state index contributed by atoms with van der Waals surface area (Å²) in [5, 5.41) is 0. The van der Waals surface area contributed by atoms with E-state index in [0.717, 1.165) is 24.3 Å². The summed E-state index contributed by atoms with van der Waals surface area (Å²) >= 11 is 0. The zero-order valence-corrected chi connectivity index (χ0v) is 11.3. The van der Waals surface area contributed by atoms with E-state index in [1.165, 1.54) is 25.3 Å². The number of nitrogens with zero attached hydrogens (tertiary/aromatic N) is 2. The van der Waals surface area contributed by atoms with Crippen LogP contribution in [0, 0.1) is 11.7 Å². The molecule has 19 heavy (non-hydrogen) atoms. The Balaban J connectivity index is 2.04. The lowest BCUT2D eigenvalue weighted by atomic mass is 9.84. The molecule has 1 aromatic carbocycles. The number of anilines is 1. The molecule has 3 nitrogen and oxygen atoms in total. The molecule has 2 N–H and O–H groups in total. The molecule has 1 saturated carbocycles. The first-order chi connectivity index (χ1) is 9.20. The van der Waals surface area contributed by atoms with Gasteiger partial charge in [-0.15, -0.1) is 0 Å². The summed E-state index contributed by atoms with van der Waals surface area (Å²) in [6.45, 7) is 2.24. The zero-order chi connectivity index (χ0) is 13.4. The maximum atomic E-state index is 13.8. The number of imidazole rings is 1. The van der Waals surface area contributed by atoms with Crippen molar-refractivity contribution in [3.8, 4) is 0 Å². The van der Waals surface area contributed by atoms with E-state index in [-0.39, 0.29) is 5.82 Å². The molecule has 1 fully saturated rings. The molecule has 1 heterocycles. The van der Waals surface area contributed by atoms with Crippen LogP contribution in [-0.2, 0) is 0 Å². The van der Waals surface area contributed by atoms with Gasteiger partial charge in [-0.1, -0.05) is 32.3 Å². The van der Waals surface area contributed by atoms with Crippen molar-refractivity contribution < 1.29 is 4.39 Å². The second-order valence-electron chi connectivity index (χ2n) is 5.54. The number of rotatable bonds is 2. The fraction of sp³-hybridized carbons (Fsp3) is 0.533. The lowest BCUT2D eigenvalue weighted by molar-refractivity contribution is 0.267.